The molecular formula is C20H32N2O3. The van der Waals surface area contributed by atoms with Crippen molar-refractivity contribution in [3.05, 3.63) is 29.8 Å². The Bertz CT molecular complexity index is 532. The van der Waals surface area contributed by atoms with E-state index in [1.165, 1.54) is 5.56 Å². The first-order valence-electron chi connectivity index (χ1n) is 9.32. The molecule has 1 aliphatic rings. The lowest BCUT2D eigenvalue weighted by Crippen LogP contribution is -2.43. The number of urea groups is 1. The molecule has 2 rings (SSSR count). The summed E-state index contributed by atoms with van der Waals surface area (Å²) < 4.78 is 5.18. The minimum Gasteiger partial charge on any atom is -0.497 e. The number of nitrogens with one attached hydrogen (secondary N) is 1. The Morgan fingerprint density at radius 1 is 1.32 bits per heavy atom. The van der Waals surface area contributed by atoms with E-state index < -0.39 is 0 Å². The Hall–Kier alpha value is -1.75. The van der Waals surface area contributed by atoms with Crippen LogP contribution in [0.15, 0.2) is 24.3 Å². The Kier molecular flexibility index (Phi) is 7.56. The van der Waals surface area contributed by atoms with Crippen molar-refractivity contribution < 1.29 is 14.6 Å². The van der Waals surface area contributed by atoms with Crippen LogP contribution in [0.1, 0.15) is 50.5 Å². The molecule has 1 aromatic rings. The second-order valence-electron chi connectivity index (χ2n) is 7.19. The SMILES string of the molecule is COc1ccc(C(C)CCNC(=O)N(C)CC2CCCCC2O)cc1. The first-order chi connectivity index (χ1) is 12.0. The lowest BCUT2D eigenvalue weighted by Gasteiger charge is -2.31. The van der Waals surface area contributed by atoms with Gasteiger partial charge in [0.15, 0.2) is 0 Å². The molecule has 1 aromatic carbocycles. The quantitative estimate of drug-likeness (QED) is 0.794. The summed E-state index contributed by atoms with van der Waals surface area (Å²) >= 11 is 0. The zero-order chi connectivity index (χ0) is 18.2. The van der Waals surface area contributed by atoms with Gasteiger partial charge >= 0.3 is 6.03 Å². The maximum Gasteiger partial charge on any atom is 0.317 e. The van der Waals surface area contributed by atoms with E-state index in [-0.39, 0.29) is 18.1 Å². The number of aliphatic hydroxyl groups is 1. The molecule has 3 unspecified atom stereocenters. The van der Waals surface area contributed by atoms with Crippen molar-refractivity contribution in [3.8, 4) is 5.75 Å². The molecule has 1 saturated carbocycles. The van der Waals surface area contributed by atoms with Crippen LogP contribution in [0, 0.1) is 5.92 Å². The smallest absolute Gasteiger partial charge is 0.317 e. The molecule has 5 heteroatoms. The monoisotopic (exact) mass is 348 g/mol. The minimum absolute atomic E-state index is 0.0558. The number of rotatable bonds is 7. The van der Waals surface area contributed by atoms with Crippen LogP contribution in [-0.2, 0) is 0 Å². The van der Waals surface area contributed by atoms with Gasteiger partial charge in [0.1, 0.15) is 5.75 Å². The maximum atomic E-state index is 12.2. The van der Waals surface area contributed by atoms with Crippen molar-refractivity contribution in [1.29, 1.82) is 0 Å². The van der Waals surface area contributed by atoms with E-state index in [0.29, 0.717) is 19.0 Å². The van der Waals surface area contributed by atoms with Crippen molar-refractivity contribution >= 4 is 6.03 Å². The van der Waals surface area contributed by atoms with E-state index in [1.54, 1.807) is 12.0 Å². The Labute approximate surface area is 151 Å². The summed E-state index contributed by atoms with van der Waals surface area (Å²) in [6.07, 6.45) is 4.73. The summed E-state index contributed by atoms with van der Waals surface area (Å²) in [5.74, 6) is 1.44. The number of nitrogens with zero attached hydrogens (tertiary/aromatic N) is 1. The van der Waals surface area contributed by atoms with E-state index in [0.717, 1.165) is 37.9 Å². The number of carbonyl (C=O) groups excluding carboxylic acids is 1. The number of benzene rings is 1. The van der Waals surface area contributed by atoms with Crippen LogP contribution in [0.4, 0.5) is 4.79 Å². The molecule has 2 amide bonds. The van der Waals surface area contributed by atoms with Gasteiger partial charge in [-0.25, -0.2) is 4.79 Å². The molecule has 0 aromatic heterocycles. The van der Waals surface area contributed by atoms with Gasteiger partial charge in [-0.15, -0.1) is 0 Å². The van der Waals surface area contributed by atoms with Crippen LogP contribution in [0.5, 0.6) is 5.75 Å². The molecule has 0 heterocycles. The van der Waals surface area contributed by atoms with Gasteiger partial charge in [-0.1, -0.05) is 31.9 Å². The number of carbonyl (C=O) groups is 1. The Balaban J connectivity index is 1.71. The molecule has 0 spiro atoms. The van der Waals surface area contributed by atoms with E-state index in [4.69, 9.17) is 4.74 Å². The fourth-order valence-corrected chi connectivity index (χ4v) is 3.47. The third kappa shape index (κ3) is 5.92. The number of hydrogen-bond acceptors (Lipinski definition) is 3. The molecule has 0 bridgehead atoms. The highest BCUT2D eigenvalue weighted by Crippen LogP contribution is 2.25. The van der Waals surface area contributed by atoms with Crippen LogP contribution in [0.25, 0.3) is 0 Å². The predicted octanol–water partition coefficient (Wildman–Crippen LogP) is 3.38. The van der Waals surface area contributed by atoms with E-state index >= 15 is 0 Å². The van der Waals surface area contributed by atoms with E-state index in [2.05, 4.69) is 24.4 Å². The van der Waals surface area contributed by atoms with Gasteiger partial charge in [0, 0.05) is 26.1 Å². The Morgan fingerprint density at radius 2 is 2.00 bits per heavy atom. The number of amides is 2. The van der Waals surface area contributed by atoms with Crippen LogP contribution < -0.4 is 10.1 Å². The number of aliphatic hydroxyl groups excluding tert-OH is 1. The van der Waals surface area contributed by atoms with E-state index in [9.17, 15) is 9.90 Å². The summed E-state index contributed by atoms with van der Waals surface area (Å²) in [7, 11) is 3.47. The fraction of sp³-hybridized carbons (Fsp3) is 0.650. The summed E-state index contributed by atoms with van der Waals surface area (Å²) in [5.41, 5.74) is 1.24. The summed E-state index contributed by atoms with van der Waals surface area (Å²) in [5, 5.41) is 13.0. The summed E-state index contributed by atoms with van der Waals surface area (Å²) in [6, 6.07) is 8.02. The van der Waals surface area contributed by atoms with Gasteiger partial charge in [0.25, 0.3) is 0 Å². The molecule has 0 radical (unpaired) electrons. The zero-order valence-corrected chi connectivity index (χ0v) is 15.7. The van der Waals surface area contributed by atoms with Crippen LogP contribution >= 0.6 is 0 Å². The van der Waals surface area contributed by atoms with Crippen molar-refractivity contribution in [2.24, 2.45) is 5.92 Å². The normalized spacial score (nSPS) is 21.4. The minimum atomic E-state index is -0.265. The molecule has 0 saturated heterocycles. The number of methoxy groups -OCH3 is 1. The highest BCUT2D eigenvalue weighted by Gasteiger charge is 2.25. The topological polar surface area (TPSA) is 61.8 Å². The van der Waals surface area contributed by atoms with E-state index in [1.807, 2.05) is 19.2 Å². The average Bonchev–Trinajstić information content (AvgIpc) is 2.63. The van der Waals surface area contributed by atoms with Gasteiger partial charge in [-0.05, 0) is 42.9 Å². The first-order valence-corrected chi connectivity index (χ1v) is 9.32. The van der Waals surface area contributed by atoms with Crippen LogP contribution in [0.3, 0.4) is 0 Å². The number of hydrogen-bond donors (Lipinski definition) is 2. The predicted molar refractivity (Wildman–Crippen MR) is 100 cm³/mol. The number of ether oxygens (including phenoxy) is 1. The summed E-state index contributed by atoms with van der Waals surface area (Å²) in [4.78, 5) is 13.9. The largest absolute Gasteiger partial charge is 0.497 e. The molecular weight excluding hydrogens is 316 g/mol. The molecule has 140 valence electrons. The third-order valence-electron chi connectivity index (χ3n) is 5.26. The second-order valence-corrected chi connectivity index (χ2v) is 7.19. The van der Waals surface area contributed by atoms with Gasteiger partial charge in [-0.3, -0.25) is 0 Å². The van der Waals surface area contributed by atoms with Crippen molar-refractivity contribution in [2.45, 2.75) is 51.0 Å². The zero-order valence-electron chi connectivity index (χ0n) is 15.7. The molecule has 1 aliphatic carbocycles. The molecule has 0 aliphatic heterocycles. The average molecular weight is 348 g/mol. The van der Waals surface area contributed by atoms with Crippen molar-refractivity contribution in [3.63, 3.8) is 0 Å². The van der Waals surface area contributed by atoms with Gasteiger partial charge < -0.3 is 20.1 Å². The van der Waals surface area contributed by atoms with Crippen LogP contribution in [0.2, 0.25) is 0 Å². The Morgan fingerprint density at radius 3 is 2.64 bits per heavy atom. The standard InChI is InChI=1S/C20H32N2O3/c1-15(16-8-10-18(25-3)11-9-16)12-13-21-20(24)22(2)14-17-6-4-5-7-19(17)23/h8-11,15,17,19,23H,4-7,12-14H2,1-3H3,(H,21,24). The molecule has 2 N–H and O–H groups in total. The lowest BCUT2D eigenvalue weighted by atomic mass is 9.86. The lowest BCUT2D eigenvalue weighted by molar-refractivity contribution is 0.0565. The molecule has 3 atom stereocenters. The van der Waals surface area contributed by atoms with Gasteiger partial charge in [0.2, 0.25) is 0 Å². The third-order valence-corrected chi connectivity index (χ3v) is 5.26. The first kappa shape index (κ1) is 19.6. The second kappa shape index (κ2) is 9.66. The highest BCUT2D eigenvalue weighted by molar-refractivity contribution is 5.73. The molecule has 5 nitrogen and oxygen atoms in total. The molecule has 25 heavy (non-hydrogen) atoms. The van der Waals surface area contributed by atoms with Crippen molar-refractivity contribution in [2.75, 3.05) is 27.2 Å². The molecule has 1 fully saturated rings. The summed E-state index contributed by atoms with van der Waals surface area (Å²) in [6.45, 7) is 3.43. The van der Waals surface area contributed by atoms with Crippen LogP contribution in [-0.4, -0.2) is 49.4 Å². The fourth-order valence-electron chi connectivity index (χ4n) is 3.47. The maximum absolute atomic E-state index is 12.2. The van der Waals surface area contributed by atoms with Gasteiger partial charge in [0.05, 0.1) is 13.2 Å². The highest BCUT2D eigenvalue weighted by atomic mass is 16.5. The van der Waals surface area contributed by atoms with Gasteiger partial charge in [-0.2, -0.15) is 0 Å². The van der Waals surface area contributed by atoms with Crippen molar-refractivity contribution in [1.82, 2.24) is 10.2 Å².